The van der Waals surface area contributed by atoms with Gasteiger partial charge < -0.3 is 10.1 Å². The van der Waals surface area contributed by atoms with Crippen LogP contribution >= 0.6 is 0 Å². The quantitative estimate of drug-likeness (QED) is 0.777. The average Bonchev–Trinajstić information content (AvgIpc) is 2.37. The highest BCUT2D eigenvalue weighted by Crippen LogP contribution is 2.24. The lowest BCUT2D eigenvalue weighted by Gasteiger charge is -2.22. The van der Waals surface area contributed by atoms with Crippen LogP contribution in [0.5, 0.6) is 0 Å². The number of hydrogen-bond acceptors (Lipinski definition) is 2. The van der Waals surface area contributed by atoms with Crippen LogP contribution in [-0.2, 0) is 4.74 Å². The van der Waals surface area contributed by atoms with Crippen molar-refractivity contribution in [3.05, 3.63) is 35.6 Å². The Kier molecular flexibility index (Phi) is 7.03. The van der Waals surface area contributed by atoms with E-state index in [1.165, 1.54) is 6.07 Å². The van der Waals surface area contributed by atoms with Crippen molar-refractivity contribution in [2.45, 2.75) is 39.2 Å². The number of nitrogens with one attached hydrogen (secondary N) is 1. The van der Waals surface area contributed by atoms with E-state index in [0.29, 0.717) is 5.92 Å². The van der Waals surface area contributed by atoms with E-state index in [9.17, 15) is 4.39 Å². The Morgan fingerprint density at radius 1 is 1.16 bits per heavy atom. The maximum Gasteiger partial charge on any atom is 0.126 e. The largest absolute Gasteiger partial charge is 0.382 e. The van der Waals surface area contributed by atoms with Crippen molar-refractivity contribution < 1.29 is 9.13 Å². The first-order chi connectivity index (χ1) is 9.04. The Morgan fingerprint density at radius 2 is 1.84 bits per heavy atom. The summed E-state index contributed by atoms with van der Waals surface area (Å²) < 4.78 is 19.2. The highest BCUT2D eigenvalue weighted by Gasteiger charge is 2.18. The molecule has 1 aromatic rings. The van der Waals surface area contributed by atoms with Gasteiger partial charge in [0.1, 0.15) is 5.82 Å². The molecule has 0 bridgehead atoms. The van der Waals surface area contributed by atoms with Crippen LogP contribution in [-0.4, -0.2) is 26.3 Å². The molecule has 0 aliphatic rings. The van der Waals surface area contributed by atoms with Crippen LogP contribution in [0.2, 0.25) is 0 Å². The van der Waals surface area contributed by atoms with Gasteiger partial charge in [0.25, 0.3) is 0 Å². The normalized spacial score (nSPS) is 14.6. The molecule has 0 amide bonds. The van der Waals surface area contributed by atoms with E-state index in [2.05, 4.69) is 19.2 Å². The summed E-state index contributed by atoms with van der Waals surface area (Å²) in [6, 6.07) is 7.03. The zero-order valence-electron chi connectivity index (χ0n) is 12.4. The van der Waals surface area contributed by atoms with Crippen molar-refractivity contribution in [3.63, 3.8) is 0 Å². The van der Waals surface area contributed by atoms with Crippen LogP contribution in [0.1, 0.15) is 38.7 Å². The van der Waals surface area contributed by atoms with Gasteiger partial charge in [-0.15, -0.1) is 0 Å². The lowest BCUT2D eigenvalue weighted by atomic mass is 9.92. The van der Waals surface area contributed by atoms with Gasteiger partial charge in [0.05, 0.1) is 6.10 Å². The van der Waals surface area contributed by atoms with Crippen LogP contribution in [0.15, 0.2) is 24.3 Å². The lowest BCUT2D eigenvalue weighted by molar-refractivity contribution is 0.103. The molecule has 1 N–H and O–H groups in total. The molecule has 2 unspecified atom stereocenters. The molecule has 0 saturated carbocycles. The Bertz CT molecular complexity index is 368. The molecular formula is C16H26FNO. The van der Waals surface area contributed by atoms with Crippen molar-refractivity contribution in [1.82, 2.24) is 5.32 Å². The van der Waals surface area contributed by atoms with Crippen molar-refractivity contribution in [2.75, 3.05) is 20.2 Å². The summed E-state index contributed by atoms with van der Waals surface area (Å²) in [6.07, 6.45) is 0.952. The fourth-order valence-corrected chi connectivity index (χ4v) is 2.17. The van der Waals surface area contributed by atoms with E-state index in [1.54, 1.807) is 13.2 Å². The molecule has 0 aliphatic heterocycles. The molecule has 0 saturated heterocycles. The van der Waals surface area contributed by atoms with Gasteiger partial charge in [-0.3, -0.25) is 0 Å². The molecule has 0 fully saturated rings. The summed E-state index contributed by atoms with van der Waals surface area (Å²) in [6.45, 7) is 8.10. The summed E-state index contributed by atoms with van der Waals surface area (Å²) in [5.74, 6) is 0.623. The molecular weight excluding hydrogens is 241 g/mol. The minimum atomic E-state index is -0.123. The molecule has 3 heteroatoms. The van der Waals surface area contributed by atoms with Gasteiger partial charge in [0.15, 0.2) is 0 Å². The van der Waals surface area contributed by atoms with Crippen molar-refractivity contribution >= 4 is 0 Å². The Labute approximate surface area is 116 Å². The molecule has 2 nitrogen and oxygen atoms in total. The number of halogens is 1. The van der Waals surface area contributed by atoms with E-state index in [-0.39, 0.29) is 17.8 Å². The van der Waals surface area contributed by atoms with E-state index in [1.807, 2.05) is 19.1 Å². The number of hydrogen-bond donors (Lipinski definition) is 1. The van der Waals surface area contributed by atoms with Crippen LogP contribution in [0, 0.1) is 11.7 Å². The second kappa shape index (κ2) is 8.28. The fraction of sp³-hybridized carbons (Fsp3) is 0.625. The number of rotatable bonds is 8. The third-order valence-electron chi connectivity index (χ3n) is 3.31. The molecule has 0 aromatic heterocycles. The van der Waals surface area contributed by atoms with Gasteiger partial charge in [-0.2, -0.15) is 0 Å². The number of ether oxygens (including phenoxy) is 1. The second-order valence-corrected chi connectivity index (χ2v) is 5.55. The highest BCUT2D eigenvalue weighted by atomic mass is 19.1. The third-order valence-corrected chi connectivity index (χ3v) is 3.31. The maximum absolute atomic E-state index is 13.9. The minimum Gasteiger partial charge on any atom is -0.382 e. The SMILES string of the molecule is COC(C)CC(CNCC(C)C)c1ccccc1F. The first-order valence-corrected chi connectivity index (χ1v) is 7.02. The minimum absolute atomic E-state index is 0.123. The van der Waals surface area contributed by atoms with Crippen LogP contribution in [0.3, 0.4) is 0 Å². The zero-order chi connectivity index (χ0) is 14.3. The van der Waals surface area contributed by atoms with Gasteiger partial charge in [0, 0.05) is 19.6 Å². The topological polar surface area (TPSA) is 21.3 Å². The molecule has 108 valence electrons. The van der Waals surface area contributed by atoms with Crippen molar-refractivity contribution in [1.29, 1.82) is 0 Å². The van der Waals surface area contributed by atoms with E-state index in [0.717, 1.165) is 25.1 Å². The monoisotopic (exact) mass is 267 g/mol. The summed E-state index contributed by atoms with van der Waals surface area (Å²) in [5.41, 5.74) is 0.780. The van der Waals surface area contributed by atoms with Gasteiger partial charge in [0.2, 0.25) is 0 Å². The van der Waals surface area contributed by atoms with Gasteiger partial charge in [-0.05, 0) is 37.4 Å². The highest BCUT2D eigenvalue weighted by molar-refractivity contribution is 5.22. The fourth-order valence-electron chi connectivity index (χ4n) is 2.17. The van der Waals surface area contributed by atoms with Gasteiger partial charge in [-0.25, -0.2) is 4.39 Å². The molecule has 19 heavy (non-hydrogen) atoms. The van der Waals surface area contributed by atoms with E-state index < -0.39 is 0 Å². The van der Waals surface area contributed by atoms with Crippen LogP contribution in [0.4, 0.5) is 4.39 Å². The Morgan fingerprint density at radius 3 is 2.42 bits per heavy atom. The standard InChI is InChI=1S/C16H26FNO/c1-12(2)10-18-11-14(9-13(3)19-4)15-7-5-6-8-16(15)17/h5-8,12-14,18H,9-11H2,1-4H3. The predicted molar refractivity (Wildman–Crippen MR) is 77.9 cm³/mol. The first kappa shape index (κ1) is 16.1. The molecule has 0 aliphatic carbocycles. The zero-order valence-corrected chi connectivity index (χ0v) is 12.4. The molecule has 1 rings (SSSR count). The summed E-state index contributed by atoms with van der Waals surface area (Å²) in [7, 11) is 1.70. The smallest absolute Gasteiger partial charge is 0.126 e. The average molecular weight is 267 g/mol. The van der Waals surface area contributed by atoms with Crippen LogP contribution < -0.4 is 5.32 Å². The van der Waals surface area contributed by atoms with Gasteiger partial charge in [-0.1, -0.05) is 32.0 Å². The number of benzene rings is 1. The predicted octanol–water partition coefficient (Wildman–Crippen LogP) is 3.58. The second-order valence-electron chi connectivity index (χ2n) is 5.55. The molecule has 0 spiro atoms. The first-order valence-electron chi connectivity index (χ1n) is 7.02. The molecule has 0 heterocycles. The van der Waals surface area contributed by atoms with Crippen LogP contribution in [0.25, 0.3) is 0 Å². The summed E-state index contributed by atoms with van der Waals surface area (Å²) >= 11 is 0. The molecule has 0 radical (unpaired) electrons. The van der Waals surface area contributed by atoms with Crippen molar-refractivity contribution in [2.24, 2.45) is 5.92 Å². The Balaban J connectivity index is 2.71. The summed E-state index contributed by atoms with van der Waals surface area (Å²) in [4.78, 5) is 0. The molecule has 1 aromatic carbocycles. The number of methoxy groups -OCH3 is 1. The Hall–Kier alpha value is -0.930. The third kappa shape index (κ3) is 5.70. The lowest BCUT2D eigenvalue weighted by Crippen LogP contribution is -2.28. The summed E-state index contributed by atoms with van der Waals surface area (Å²) in [5, 5.41) is 3.42. The van der Waals surface area contributed by atoms with Gasteiger partial charge >= 0.3 is 0 Å². The maximum atomic E-state index is 13.9. The molecule has 2 atom stereocenters. The van der Waals surface area contributed by atoms with E-state index >= 15 is 0 Å². The van der Waals surface area contributed by atoms with Crippen molar-refractivity contribution in [3.8, 4) is 0 Å². The van der Waals surface area contributed by atoms with E-state index in [4.69, 9.17) is 4.74 Å².